The average molecular weight is 250 g/mol. The lowest BCUT2D eigenvalue weighted by atomic mass is 9.88. The largest absolute Gasteiger partial charge is 0.384 e. The predicted octanol–water partition coefficient (Wildman–Crippen LogP) is 2.26. The fraction of sp³-hybridized carbons (Fsp3) is 0.571. The molecule has 0 aromatic heterocycles. The Morgan fingerprint density at radius 1 is 1.33 bits per heavy atom. The van der Waals surface area contributed by atoms with Gasteiger partial charge >= 0.3 is 0 Å². The van der Waals surface area contributed by atoms with E-state index in [9.17, 15) is 4.39 Å². The van der Waals surface area contributed by atoms with E-state index in [1.807, 2.05) is 6.07 Å². The molecule has 0 aliphatic carbocycles. The standard InChI is InChI=1S/C14H19FN2O/c1-10-9-16-13-3-2-11(15)8-12(13)14(10)17-4-6-18-7-5-17/h2-3,8,10,14,16H,4-7,9H2,1H3. The third-order valence-corrected chi connectivity index (χ3v) is 3.92. The number of hydrogen-bond acceptors (Lipinski definition) is 3. The van der Waals surface area contributed by atoms with Crippen LogP contribution in [0.5, 0.6) is 0 Å². The van der Waals surface area contributed by atoms with E-state index >= 15 is 0 Å². The Morgan fingerprint density at radius 2 is 2.11 bits per heavy atom. The predicted molar refractivity (Wildman–Crippen MR) is 69.2 cm³/mol. The average Bonchev–Trinajstić information content (AvgIpc) is 2.39. The summed E-state index contributed by atoms with van der Waals surface area (Å²) in [7, 11) is 0. The van der Waals surface area contributed by atoms with Crippen LogP contribution >= 0.6 is 0 Å². The zero-order valence-electron chi connectivity index (χ0n) is 10.7. The summed E-state index contributed by atoms with van der Waals surface area (Å²) in [4.78, 5) is 2.42. The topological polar surface area (TPSA) is 24.5 Å². The lowest BCUT2D eigenvalue weighted by Gasteiger charge is -2.41. The molecule has 18 heavy (non-hydrogen) atoms. The highest BCUT2D eigenvalue weighted by Gasteiger charge is 2.32. The Balaban J connectivity index is 1.95. The quantitative estimate of drug-likeness (QED) is 0.827. The summed E-state index contributed by atoms with van der Waals surface area (Å²) >= 11 is 0. The van der Waals surface area contributed by atoms with Crippen molar-refractivity contribution < 1.29 is 9.13 Å². The third-order valence-electron chi connectivity index (χ3n) is 3.92. The number of halogens is 1. The molecule has 0 bridgehead atoms. The van der Waals surface area contributed by atoms with Gasteiger partial charge in [-0.05, 0) is 29.7 Å². The highest BCUT2D eigenvalue weighted by Crippen LogP contribution is 2.38. The molecule has 3 nitrogen and oxygen atoms in total. The minimum atomic E-state index is -0.150. The second-order valence-electron chi connectivity index (χ2n) is 5.18. The summed E-state index contributed by atoms with van der Waals surface area (Å²) < 4.78 is 18.9. The van der Waals surface area contributed by atoms with Crippen molar-refractivity contribution in [3.8, 4) is 0 Å². The van der Waals surface area contributed by atoms with E-state index in [0.717, 1.165) is 44.1 Å². The first-order chi connectivity index (χ1) is 8.75. The van der Waals surface area contributed by atoms with E-state index < -0.39 is 0 Å². The number of benzene rings is 1. The number of nitrogens with one attached hydrogen (secondary N) is 1. The first-order valence-corrected chi connectivity index (χ1v) is 6.61. The van der Waals surface area contributed by atoms with Crippen LogP contribution in [0.25, 0.3) is 0 Å². The van der Waals surface area contributed by atoms with Gasteiger partial charge in [-0.2, -0.15) is 0 Å². The molecule has 0 spiro atoms. The molecule has 0 saturated carbocycles. The van der Waals surface area contributed by atoms with Crippen molar-refractivity contribution in [3.63, 3.8) is 0 Å². The van der Waals surface area contributed by atoms with Crippen LogP contribution in [-0.4, -0.2) is 37.7 Å². The second kappa shape index (κ2) is 4.86. The van der Waals surface area contributed by atoms with Gasteiger partial charge < -0.3 is 10.1 Å². The van der Waals surface area contributed by atoms with Gasteiger partial charge in [-0.3, -0.25) is 4.90 Å². The van der Waals surface area contributed by atoms with Crippen molar-refractivity contribution >= 4 is 5.69 Å². The van der Waals surface area contributed by atoms with Gasteiger partial charge in [0.15, 0.2) is 0 Å². The highest BCUT2D eigenvalue weighted by molar-refractivity contribution is 5.55. The van der Waals surface area contributed by atoms with E-state index in [-0.39, 0.29) is 5.82 Å². The molecule has 2 aliphatic rings. The van der Waals surface area contributed by atoms with E-state index in [2.05, 4.69) is 17.1 Å². The van der Waals surface area contributed by atoms with Crippen LogP contribution in [0.3, 0.4) is 0 Å². The van der Waals surface area contributed by atoms with Crippen molar-refractivity contribution in [1.29, 1.82) is 0 Å². The van der Waals surface area contributed by atoms with Gasteiger partial charge in [0.2, 0.25) is 0 Å². The van der Waals surface area contributed by atoms with Crippen molar-refractivity contribution in [2.45, 2.75) is 13.0 Å². The van der Waals surface area contributed by atoms with Crippen molar-refractivity contribution in [3.05, 3.63) is 29.6 Å². The monoisotopic (exact) mass is 250 g/mol. The van der Waals surface area contributed by atoms with Gasteiger partial charge in [0.05, 0.1) is 13.2 Å². The van der Waals surface area contributed by atoms with Gasteiger partial charge in [0.1, 0.15) is 5.82 Å². The Hall–Kier alpha value is -1.13. The van der Waals surface area contributed by atoms with E-state index in [1.165, 1.54) is 6.07 Å². The SMILES string of the molecule is CC1CNc2ccc(F)cc2C1N1CCOCC1. The molecule has 4 heteroatoms. The molecule has 1 aromatic rings. The fourth-order valence-electron chi connectivity index (χ4n) is 3.04. The van der Waals surface area contributed by atoms with Crippen LogP contribution in [0.15, 0.2) is 18.2 Å². The lowest BCUT2D eigenvalue weighted by molar-refractivity contribution is 0.00413. The van der Waals surface area contributed by atoms with Crippen molar-refractivity contribution in [2.75, 3.05) is 38.2 Å². The smallest absolute Gasteiger partial charge is 0.123 e. The number of nitrogens with zero attached hydrogens (tertiary/aromatic N) is 1. The number of ether oxygens (including phenoxy) is 1. The number of anilines is 1. The molecule has 3 rings (SSSR count). The molecule has 1 N–H and O–H groups in total. The summed E-state index contributed by atoms with van der Waals surface area (Å²) in [6.07, 6.45) is 0. The van der Waals surface area contributed by atoms with E-state index in [1.54, 1.807) is 6.07 Å². The number of morpholine rings is 1. The van der Waals surface area contributed by atoms with Crippen LogP contribution in [0.1, 0.15) is 18.5 Å². The Labute approximate surface area is 107 Å². The Bertz CT molecular complexity index is 432. The van der Waals surface area contributed by atoms with Crippen LogP contribution in [0.2, 0.25) is 0 Å². The van der Waals surface area contributed by atoms with Gasteiger partial charge in [-0.1, -0.05) is 6.92 Å². The van der Waals surface area contributed by atoms with Crippen molar-refractivity contribution in [2.24, 2.45) is 5.92 Å². The maximum absolute atomic E-state index is 13.5. The molecule has 2 atom stereocenters. The molecule has 2 heterocycles. The normalized spacial score (nSPS) is 28.6. The molecule has 1 fully saturated rings. The number of hydrogen-bond donors (Lipinski definition) is 1. The molecular formula is C14H19FN2O. The second-order valence-corrected chi connectivity index (χ2v) is 5.18. The van der Waals surface area contributed by atoms with Crippen molar-refractivity contribution in [1.82, 2.24) is 4.90 Å². The molecule has 1 aromatic carbocycles. The number of rotatable bonds is 1. The maximum atomic E-state index is 13.5. The Morgan fingerprint density at radius 3 is 2.89 bits per heavy atom. The van der Waals surface area contributed by atoms with Crippen LogP contribution in [0, 0.1) is 11.7 Å². The number of fused-ring (bicyclic) bond motifs is 1. The van der Waals surface area contributed by atoms with Gasteiger partial charge in [0.25, 0.3) is 0 Å². The third kappa shape index (κ3) is 2.10. The maximum Gasteiger partial charge on any atom is 0.123 e. The fourth-order valence-corrected chi connectivity index (χ4v) is 3.04. The summed E-state index contributed by atoms with van der Waals surface area (Å²) in [5.41, 5.74) is 2.17. The minimum Gasteiger partial charge on any atom is -0.384 e. The zero-order chi connectivity index (χ0) is 12.5. The van der Waals surface area contributed by atoms with Gasteiger partial charge in [0, 0.05) is 31.4 Å². The summed E-state index contributed by atoms with van der Waals surface area (Å²) in [6, 6.07) is 5.36. The molecule has 2 aliphatic heterocycles. The van der Waals surface area contributed by atoms with Gasteiger partial charge in [-0.25, -0.2) is 4.39 Å². The lowest BCUT2D eigenvalue weighted by Crippen LogP contribution is -2.44. The summed E-state index contributed by atoms with van der Waals surface area (Å²) in [5, 5.41) is 3.38. The van der Waals surface area contributed by atoms with Gasteiger partial charge in [-0.15, -0.1) is 0 Å². The zero-order valence-corrected chi connectivity index (χ0v) is 10.7. The molecule has 0 amide bonds. The molecule has 1 saturated heterocycles. The van der Waals surface area contributed by atoms with Crippen LogP contribution < -0.4 is 5.32 Å². The summed E-state index contributed by atoms with van der Waals surface area (Å²) in [5.74, 6) is 0.334. The first-order valence-electron chi connectivity index (χ1n) is 6.61. The summed E-state index contributed by atoms with van der Waals surface area (Å²) in [6.45, 7) is 6.60. The minimum absolute atomic E-state index is 0.150. The van der Waals surface area contributed by atoms with E-state index in [4.69, 9.17) is 4.74 Å². The molecule has 2 unspecified atom stereocenters. The molecular weight excluding hydrogens is 231 g/mol. The van der Waals surface area contributed by atoms with Crippen LogP contribution in [-0.2, 0) is 4.74 Å². The Kier molecular flexibility index (Phi) is 3.22. The molecule has 98 valence electrons. The van der Waals surface area contributed by atoms with E-state index in [0.29, 0.717) is 12.0 Å². The highest BCUT2D eigenvalue weighted by atomic mass is 19.1. The molecule has 0 radical (unpaired) electrons. The first kappa shape index (κ1) is 11.9. The van der Waals surface area contributed by atoms with Crippen LogP contribution in [0.4, 0.5) is 10.1 Å².